The van der Waals surface area contributed by atoms with E-state index in [4.69, 9.17) is 18.6 Å². The highest BCUT2D eigenvalue weighted by Gasteiger charge is 2.46. The molecule has 3 unspecified atom stereocenters. The molecular formula is C46H64O7Si. The zero-order chi connectivity index (χ0) is 38.6. The summed E-state index contributed by atoms with van der Waals surface area (Å²) in [5.41, 5.74) is 4.07. The first-order valence-electron chi connectivity index (χ1n) is 20.5. The van der Waals surface area contributed by atoms with E-state index in [1.807, 2.05) is 42.5 Å². The minimum Gasteiger partial charge on any atom is -0.479 e. The van der Waals surface area contributed by atoms with Gasteiger partial charge in [-0.3, -0.25) is 0 Å². The normalized spacial score (nSPS) is 22.5. The SMILES string of the molecule is CC(C)(C)[Si](C)(C)OC(CCCCC[C@H]1[C@@H](OC(=O)c2ccc(-c3ccccc3)cc2)CC(OC2CCCCO2)[C@@H]1CCCCc1ccccc1)C(=O)O. The van der Waals surface area contributed by atoms with Gasteiger partial charge in [-0.2, -0.15) is 0 Å². The Hall–Kier alpha value is -3.30. The molecule has 0 aromatic heterocycles. The lowest BCUT2D eigenvalue weighted by atomic mass is 9.84. The zero-order valence-electron chi connectivity index (χ0n) is 33.3. The Balaban J connectivity index is 1.28. The van der Waals surface area contributed by atoms with Gasteiger partial charge >= 0.3 is 11.9 Å². The maximum atomic E-state index is 13.8. The first-order chi connectivity index (χ1) is 25.9. The number of carbonyl (C=O) groups is 2. The molecule has 7 nitrogen and oxygen atoms in total. The Labute approximate surface area is 325 Å². The standard InChI is InChI=1S/C46H64O7Si/c1-46(2,3)54(4,5)53-40(44(47)48)26-14-8-13-24-39-38(25-16-15-21-34-19-9-6-10-20-34)41(51-43-27-17-18-32-50-43)33-42(39)52-45(49)37-30-28-36(29-31-37)35-22-11-7-12-23-35/h6-7,9-12,19-20,22-23,28-31,38-43H,8,13-18,21,24-27,32-33H2,1-5H3,(H,47,48)/t38-,39-,40?,41?,42+,43?/m1/s1. The van der Waals surface area contributed by atoms with Gasteiger partial charge in [0.05, 0.1) is 11.7 Å². The van der Waals surface area contributed by atoms with Crippen molar-refractivity contribution in [3.63, 3.8) is 0 Å². The Kier molecular flexibility index (Phi) is 15.5. The molecule has 2 fully saturated rings. The second kappa shape index (κ2) is 20.0. The van der Waals surface area contributed by atoms with Crippen LogP contribution in [0.25, 0.3) is 11.1 Å². The highest BCUT2D eigenvalue weighted by Crippen LogP contribution is 2.44. The summed E-state index contributed by atoms with van der Waals surface area (Å²) in [4.78, 5) is 26.0. The van der Waals surface area contributed by atoms with Crippen LogP contribution in [0.3, 0.4) is 0 Å². The second-order valence-corrected chi connectivity index (χ2v) is 21.8. The Morgan fingerprint density at radius 1 is 0.796 bits per heavy atom. The van der Waals surface area contributed by atoms with Crippen molar-refractivity contribution >= 4 is 20.3 Å². The number of hydrogen-bond donors (Lipinski definition) is 1. The lowest BCUT2D eigenvalue weighted by Crippen LogP contribution is -2.46. The first kappa shape index (κ1) is 41.9. The van der Waals surface area contributed by atoms with Crippen molar-refractivity contribution in [3.05, 3.63) is 96.1 Å². The first-order valence-corrected chi connectivity index (χ1v) is 23.4. The number of aryl methyl sites for hydroxylation is 1. The summed E-state index contributed by atoms with van der Waals surface area (Å²) in [6, 6.07) is 28.5. The van der Waals surface area contributed by atoms with Gasteiger partial charge in [0.2, 0.25) is 0 Å². The summed E-state index contributed by atoms with van der Waals surface area (Å²) in [6.07, 6.45) is 10.5. The minimum atomic E-state index is -2.22. The number of ether oxygens (including phenoxy) is 3. The van der Waals surface area contributed by atoms with Crippen molar-refractivity contribution in [1.29, 1.82) is 0 Å². The molecule has 6 atom stereocenters. The molecule has 0 amide bonds. The maximum absolute atomic E-state index is 13.8. The summed E-state index contributed by atoms with van der Waals surface area (Å²) < 4.78 is 25.6. The van der Waals surface area contributed by atoms with E-state index in [0.29, 0.717) is 18.4 Å². The molecule has 3 aromatic rings. The maximum Gasteiger partial charge on any atom is 0.338 e. The number of rotatable bonds is 19. The molecule has 8 heteroatoms. The summed E-state index contributed by atoms with van der Waals surface area (Å²) in [7, 11) is -2.22. The topological polar surface area (TPSA) is 91.3 Å². The zero-order valence-corrected chi connectivity index (χ0v) is 34.3. The quantitative estimate of drug-likeness (QED) is 0.0740. The van der Waals surface area contributed by atoms with Crippen LogP contribution in [0.1, 0.15) is 114 Å². The van der Waals surface area contributed by atoms with E-state index in [1.54, 1.807) is 0 Å². The van der Waals surface area contributed by atoms with Crippen molar-refractivity contribution in [1.82, 2.24) is 0 Å². The van der Waals surface area contributed by atoms with Crippen LogP contribution in [-0.4, -0.2) is 56.6 Å². The van der Waals surface area contributed by atoms with Gasteiger partial charge in [0.25, 0.3) is 0 Å². The van der Waals surface area contributed by atoms with E-state index < -0.39 is 20.4 Å². The molecule has 0 spiro atoms. The predicted octanol–water partition coefficient (Wildman–Crippen LogP) is 11.3. The molecule has 2 aliphatic rings. The van der Waals surface area contributed by atoms with Crippen molar-refractivity contribution in [3.8, 4) is 11.1 Å². The lowest BCUT2D eigenvalue weighted by molar-refractivity contribution is -0.196. The molecule has 294 valence electrons. The number of carbonyl (C=O) groups excluding carboxylic acids is 1. The molecule has 1 saturated carbocycles. The Morgan fingerprint density at radius 2 is 1.43 bits per heavy atom. The summed E-state index contributed by atoms with van der Waals surface area (Å²) in [5, 5.41) is 9.96. The highest BCUT2D eigenvalue weighted by molar-refractivity contribution is 6.74. The number of benzene rings is 3. The van der Waals surface area contributed by atoms with Gasteiger partial charge in [0.15, 0.2) is 14.6 Å². The number of aliphatic carboxylic acids is 1. The molecule has 1 aliphatic carbocycles. The molecule has 1 heterocycles. The van der Waals surface area contributed by atoms with Crippen LogP contribution >= 0.6 is 0 Å². The largest absolute Gasteiger partial charge is 0.479 e. The fourth-order valence-electron chi connectivity index (χ4n) is 7.88. The van der Waals surface area contributed by atoms with Crippen molar-refractivity contribution in [2.75, 3.05) is 6.61 Å². The third kappa shape index (κ3) is 12.1. The minimum absolute atomic E-state index is 0.0533. The molecule has 5 rings (SSSR count). The number of hydrogen-bond acceptors (Lipinski definition) is 6. The van der Waals surface area contributed by atoms with Gasteiger partial charge in [-0.1, -0.05) is 119 Å². The average molecular weight is 757 g/mol. The fourth-order valence-corrected chi connectivity index (χ4v) is 9.16. The lowest BCUT2D eigenvalue weighted by Gasteiger charge is -2.38. The van der Waals surface area contributed by atoms with E-state index in [1.165, 1.54) is 5.56 Å². The van der Waals surface area contributed by atoms with Crippen LogP contribution in [0.15, 0.2) is 84.9 Å². The Bertz CT molecular complexity index is 1560. The summed E-state index contributed by atoms with van der Waals surface area (Å²) >= 11 is 0. The molecule has 54 heavy (non-hydrogen) atoms. The molecular weight excluding hydrogens is 693 g/mol. The van der Waals surface area contributed by atoms with E-state index in [9.17, 15) is 14.7 Å². The van der Waals surface area contributed by atoms with E-state index >= 15 is 0 Å². The van der Waals surface area contributed by atoms with E-state index in [2.05, 4.69) is 76.3 Å². The smallest absolute Gasteiger partial charge is 0.338 e. The summed E-state index contributed by atoms with van der Waals surface area (Å²) in [5.74, 6) is -0.797. The van der Waals surface area contributed by atoms with Gasteiger partial charge in [0, 0.05) is 18.9 Å². The van der Waals surface area contributed by atoms with Crippen LogP contribution in [0.4, 0.5) is 0 Å². The third-order valence-corrected chi connectivity index (χ3v) is 16.5. The molecule has 3 aromatic carbocycles. The van der Waals surface area contributed by atoms with Gasteiger partial charge in [-0.25, -0.2) is 9.59 Å². The van der Waals surface area contributed by atoms with E-state index in [0.717, 1.165) is 88.4 Å². The van der Waals surface area contributed by atoms with Gasteiger partial charge < -0.3 is 23.7 Å². The van der Waals surface area contributed by atoms with Crippen LogP contribution in [0.5, 0.6) is 0 Å². The fraction of sp³-hybridized carbons (Fsp3) is 0.565. The van der Waals surface area contributed by atoms with Crippen molar-refractivity contribution < 1.29 is 33.3 Å². The molecule has 1 N–H and O–H groups in total. The highest BCUT2D eigenvalue weighted by atomic mass is 28.4. The van der Waals surface area contributed by atoms with Crippen molar-refractivity contribution in [2.24, 2.45) is 11.8 Å². The summed E-state index contributed by atoms with van der Waals surface area (Å²) in [6.45, 7) is 11.4. The molecule has 0 radical (unpaired) electrons. The number of carboxylic acid groups (broad SMARTS) is 1. The van der Waals surface area contributed by atoms with Gasteiger partial charge in [0.1, 0.15) is 12.2 Å². The van der Waals surface area contributed by atoms with Crippen LogP contribution in [0.2, 0.25) is 18.1 Å². The van der Waals surface area contributed by atoms with Gasteiger partial charge in [-0.05, 0) is 104 Å². The average Bonchev–Trinajstić information content (AvgIpc) is 3.47. The number of carboxylic acids is 1. The Morgan fingerprint density at radius 3 is 2.06 bits per heavy atom. The monoisotopic (exact) mass is 756 g/mol. The van der Waals surface area contributed by atoms with Crippen LogP contribution in [0, 0.1) is 11.8 Å². The molecule has 0 bridgehead atoms. The second-order valence-electron chi connectivity index (χ2n) is 17.0. The van der Waals surface area contributed by atoms with Crippen LogP contribution in [-0.2, 0) is 29.9 Å². The van der Waals surface area contributed by atoms with Gasteiger partial charge in [-0.15, -0.1) is 0 Å². The molecule has 1 saturated heterocycles. The van der Waals surface area contributed by atoms with E-state index in [-0.39, 0.29) is 41.3 Å². The number of unbranched alkanes of at least 4 members (excludes halogenated alkanes) is 3. The number of esters is 1. The van der Waals surface area contributed by atoms with Crippen molar-refractivity contribution in [2.45, 2.75) is 147 Å². The van der Waals surface area contributed by atoms with Crippen LogP contribution < -0.4 is 0 Å². The predicted molar refractivity (Wildman–Crippen MR) is 218 cm³/mol. The molecule has 1 aliphatic heterocycles. The third-order valence-electron chi connectivity index (χ3n) is 12.0.